The molecule has 2 rings (SSSR count). The molecule has 0 spiro atoms. The average Bonchev–Trinajstić information content (AvgIpc) is 2.89. The maximum absolute atomic E-state index is 5.28. The second kappa shape index (κ2) is 6.14. The molecule has 1 N–H and O–H groups in total. The quantitative estimate of drug-likeness (QED) is 0.866. The molecule has 7 heteroatoms. The Balaban J connectivity index is 2.19. The highest BCUT2D eigenvalue weighted by molar-refractivity contribution is 5.62. The van der Waals surface area contributed by atoms with Gasteiger partial charge in [-0.25, -0.2) is 0 Å². The van der Waals surface area contributed by atoms with Crippen LogP contribution in [0.2, 0.25) is 0 Å². The SMILES string of the molecule is COc1cc(NCc2nc(C)no2)cc(OC)c1OC. The molecule has 0 bridgehead atoms. The number of hydrogen-bond donors (Lipinski definition) is 1. The van der Waals surface area contributed by atoms with E-state index in [1.807, 2.05) is 12.1 Å². The average molecular weight is 279 g/mol. The second-order valence-electron chi connectivity index (χ2n) is 4.00. The van der Waals surface area contributed by atoms with Crippen LogP contribution in [-0.4, -0.2) is 31.5 Å². The summed E-state index contributed by atoms with van der Waals surface area (Å²) in [4.78, 5) is 4.12. The van der Waals surface area contributed by atoms with Crippen LogP contribution in [0.3, 0.4) is 0 Å². The third kappa shape index (κ3) is 2.93. The fraction of sp³-hybridized carbons (Fsp3) is 0.385. The standard InChI is InChI=1S/C13H17N3O4/c1-8-15-12(20-16-8)7-14-9-5-10(17-2)13(19-4)11(6-9)18-3/h5-6,14H,7H2,1-4H3. The molecule has 20 heavy (non-hydrogen) atoms. The summed E-state index contributed by atoms with van der Waals surface area (Å²) >= 11 is 0. The van der Waals surface area contributed by atoms with Crippen LogP contribution in [0.5, 0.6) is 17.2 Å². The Bertz CT molecular complexity index is 558. The maximum atomic E-state index is 5.28. The number of benzene rings is 1. The molecule has 0 amide bonds. The van der Waals surface area contributed by atoms with Gasteiger partial charge < -0.3 is 24.1 Å². The van der Waals surface area contributed by atoms with Gasteiger partial charge in [-0.15, -0.1) is 0 Å². The van der Waals surface area contributed by atoms with Crippen molar-refractivity contribution in [3.05, 3.63) is 23.8 Å². The minimum Gasteiger partial charge on any atom is -0.493 e. The molecule has 1 heterocycles. The van der Waals surface area contributed by atoms with E-state index in [-0.39, 0.29) is 0 Å². The van der Waals surface area contributed by atoms with Crippen molar-refractivity contribution in [2.75, 3.05) is 26.6 Å². The molecule has 0 aliphatic rings. The number of aromatic nitrogens is 2. The minimum atomic E-state index is 0.416. The second-order valence-corrected chi connectivity index (χ2v) is 4.00. The van der Waals surface area contributed by atoms with E-state index in [1.165, 1.54) is 0 Å². The van der Waals surface area contributed by atoms with E-state index in [1.54, 1.807) is 28.3 Å². The van der Waals surface area contributed by atoms with Crippen molar-refractivity contribution < 1.29 is 18.7 Å². The van der Waals surface area contributed by atoms with Crippen molar-refractivity contribution in [1.82, 2.24) is 10.1 Å². The zero-order chi connectivity index (χ0) is 14.5. The Morgan fingerprint density at radius 1 is 1.10 bits per heavy atom. The predicted octanol–water partition coefficient (Wildman–Crippen LogP) is 2.02. The van der Waals surface area contributed by atoms with Gasteiger partial charge in [0.25, 0.3) is 0 Å². The smallest absolute Gasteiger partial charge is 0.245 e. The van der Waals surface area contributed by atoms with Crippen LogP contribution in [0.25, 0.3) is 0 Å². The number of hydrogen-bond acceptors (Lipinski definition) is 7. The largest absolute Gasteiger partial charge is 0.493 e. The van der Waals surface area contributed by atoms with Crippen LogP contribution in [0.1, 0.15) is 11.7 Å². The molecular weight excluding hydrogens is 262 g/mol. The molecular formula is C13H17N3O4. The lowest BCUT2D eigenvalue weighted by Gasteiger charge is -2.14. The molecule has 1 aromatic heterocycles. The number of anilines is 1. The third-order valence-electron chi connectivity index (χ3n) is 2.68. The van der Waals surface area contributed by atoms with E-state index in [4.69, 9.17) is 18.7 Å². The van der Waals surface area contributed by atoms with Gasteiger partial charge >= 0.3 is 0 Å². The number of rotatable bonds is 6. The van der Waals surface area contributed by atoms with Gasteiger partial charge in [-0.05, 0) is 6.92 Å². The molecule has 0 fully saturated rings. The summed E-state index contributed by atoms with van der Waals surface area (Å²) < 4.78 is 20.9. The summed E-state index contributed by atoms with van der Waals surface area (Å²) in [5.74, 6) is 2.82. The van der Waals surface area contributed by atoms with E-state index in [2.05, 4.69) is 15.5 Å². The Hall–Kier alpha value is -2.44. The van der Waals surface area contributed by atoms with Crippen molar-refractivity contribution in [3.63, 3.8) is 0 Å². The lowest BCUT2D eigenvalue weighted by Crippen LogP contribution is -2.02. The van der Waals surface area contributed by atoms with E-state index in [9.17, 15) is 0 Å². The van der Waals surface area contributed by atoms with Crippen molar-refractivity contribution in [2.45, 2.75) is 13.5 Å². The first-order chi connectivity index (χ1) is 9.67. The fourth-order valence-electron chi connectivity index (χ4n) is 1.77. The molecule has 0 aliphatic carbocycles. The predicted molar refractivity (Wildman–Crippen MR) is 72.5 cm³/mol. The van der Waals surface area contributed by atoms with E-state index in [0.717, 1.165) is 5.69 Å². The fourth-order valence-corrected chi connectivity index (χ4v) is 1.77. The molecule has 0 atom stereocenters. The molecule has 0 radical (unpaired) electrons. The van der Waals surface area contributed by atoms with Crippen molar-refractivity contribution in [1.29, 1.82) is 0 Å². The summed E-state index contributed by atoms with van der Waals surface area (Å²) in [7, 11) is 4.71. The monoisotopic (exact) mass is 279 g/mol. The van der Waals surface area contributed by atoms with E-state index >= 15 is 0 Å². The zero-order valence-corrected chi connectivity index (χ0v) is 11.9. The highest BCUT2D eigenvalue weighted by atomic mass is 16.5. The Morgan fingerprint density at radius 2 is 1.75 bits per heavy atom. The van der Waals surface area contributed by atoms with Crippen LogP contribution >= 0.6 is 0 Å². The molecule has 2 aromatic rings. The molecule has 108 valence electrons. The molecule has 0 saturated carbocycles. The Morgan fingerprint density at radius 3 is 2.20 bits per heavy atom. The highest BCUT2D eigenvalue weighted by Crippen LogP contribution is 2.39. The Labute approximate surface area is 116 Å². The van der Waals surface area contributed by atoms with Crippen LogP contribution in [0, 0.1) is 6.92 Å². The van der Waals surface area contributed by atoms with Crippen LogP contribution in [-0.2, 0) is 6.54 Å². The summed E-state index contributed by atoms with van der Waals surface area (Å²) in [5, 5.41) is 6.89. The topological polar surface area (TPSA) is 78.6 Å². The minimum absolute atomic E-state index is 0.416. The van der Waals surface area contributed by atoms with Gasteiger partial charge in [0.15, 0.2) is 17.3 Å². The van der Waals surface area contributed by atoms with Crippen LogP contribution < -0.4 is 19.5 Å². The normalized spacial score (nSPS) is 10.2. The lowest BCUT2D eigenvalue weighted by atomic mass is 10.2. The van der Waals surface area contributed by atoms with E-state index < -0.39 is 0 Å². The number of methoxy groups -OCH3 is 3. The van der Waals surface area contributed by atoms with Gasteiger partial charge in [0, 0.05) is 17.8 Å². The molecule has 0 saturated heterocycles. The van der Waals surface area contributed by atoms with E-state index in [0.29, 0.717) is 35.5 Å². The van der Waals surface area contributed by atoms with Crippen molar-refractivity contribution in [3.8, 4) is 17.2 Å². The number of nitrogens with zero attached hydrogens (tertiary/aromatic N) is 2. The molecule has 0 unspecified atom stereocenters. The molecule has 1 aromatic carbocycles. The zero-order valence-electron chi connectivity index (χ0n) is 11.9. The summed E-state index contributed by atoms with van der Waals surface area (Å²) in [6.45, 7) is 2.19. The summed E-state index contributed by atoms with van der Waals surface area (Å²) in [6, 6.07) is 3.62. The van der Waals surface area contributed by atoms with Gasteiger partial charge in [-0.3, -0.25) is 0 Å². The molecule has 0 aliphatic heterocycles. The maximum Gasteiger partial charge on any atom is 0.245 e. The highest BCUT2D eigenvalue weighted by Gasteiger charge is 2.13. The number of ether oxygens (including phenoxy) is 3. The first-order valence-corrected chi connectivity index (χ1v) is 6.01. The van der Waals surface area contributed by atoms with Crippen molar-refractivity contribution in [2.24, 2.45) is 0 Å². The lowest BCUT2D eigenvalue weighted by molar-refractivity contribution is 0.324. The Kier molecular flexibility index (Phi) is 4.29. The van der Waals surface area contributed by atoms with Crippen LogP contribution in [0.4, 0.5) is 5.69 Å². The summed E-state index contributed by atoms with van der Waals surface area (Å²) in [6.07, 6.45) is 0. The van der Waals surface area contributed by atoms with Gasteiger partial charge in [-0.1, -0.05) is 5.16 Å². The third-order valence-corrected chi connectivity index (χ3v) is 2.68. The number of nitrogens with one attached hydrogen (secondary N) is 1. The molecule has 7 nitrogen and oxygen atoms in total. The number of aryl methyl sites for hydroxylation is 1. The van der Waals surface area contributed by atoms with Gasteiger partial charge in [-0.2, -0.15) is 4.98 Å². The van der Waals surface area contributed by atoms with Crippen molar-refractivity contribution >= 4 is 5.69 Å². The summed E-state index contributed by atoms with van der Waals surface area (Å²) in [5.41, 5.74) is 0.801. The van der Waals surface area contributed by atoms with Gasteiger partial charge in [0.05, 0.1) is 27.9 Å². The first-order valence-electron chi connectivity index (χ1n) is 6.01. The first kappa shape index (κ1) is 14.0. The van der Waals surface area contributed by atoms with Gasteiger partial charge in [0.2, 0.25) is 11.6 Å². The van der Waals surface area contributed by atoms with Crippen LogP contribution in [0.15, 0.2) is 16.7 Å². The van der Waals surface area contributed by atoms with Gasteiger partial charge in [0.1, 0.15) is 0 Å².